The Hall–Kier alpha value is -3.72. The SMILES string of the molecule is Cc1ccc(C)c(/N=N/c2c(N)c(/N=N/c3cccc(S(=O)(=O)O)c3)cc(S(=O)(=O)O)c2N)c1. The molecule has 0 heterocycles. The van der Waals surface area contributed by atoms with Gasteiger partial charge >= 0.3 is 0 Å². The zero-order valence-electron chi connectivity index (χ0n) is 17.9. The molecule has 34 heavy (non-hydrogen) atoms. The Balaban J connectivity index is 2.15. The third-order valence-corrected chi connectivity index (χ3v) is 6.35. The minimum Gasteiger partial charge on any atom is -0.396 e. The Bertz CT molecular complexity index is 1550. The van der Waals surface area contributed by atoms with Crippen LogP contribution in [0.15, 0.2) is 78.8 Å². The van der Waals surface area contributed by atoms with Gasteiger partial charge in [-0.15, -0.1) is 10.2 Å². The van der Waals surface area contributed by atoms with Gasteiger partial charge in [0.25, 0.3) is 20.2 Å². The standard InChI is InChI=1S/C20H20N6O6S2/c1-11-6-7-12(2)15(8-11)24-26-20-18(21)16(10-17(19(20)22)34(30,31)32)25-23-13-4-3-5-14(9-13)33(27,28)29/h3-10H,21-22H2,1-2H3,(H,27,28,29)(H,30,31,32)/b25-23+,26-24+. The van der Waals surface area contributed by atoms with Gasteiger partial charge in [-0.2, -0.15) is 27.1 Å². The van der Waals surface area contributed by atoms with E-state index in [9.17, 15) is 25.9 Å². The molecule has 12 nitrogen and oxygen atoms in total. The number of azo groups is 2. The van der Waals surface area contributed by atoms with Crippen LogP contribution in [0.5, 0.6) is 0 Å². The molecule has 3 aromatic rings. The largest absolute Gasteiger partial charge is 0.396 e. The van der Waals surface area contributed by atoms with E-state index in [-0.39, 0.29) is 22.7 Å². The molecular formula is C20H20N6O6S2. The molecule has 14 heteroatoms. The first-order valence-corrected chi connectivity index (χ1v) is 12.3. The van der Waals surface area contributed by atoms with E-state index < -0.39 is 35.7 Å². The number of rotatable bonds is 6. The van der Waals surface area contributed by atoms with Gasteiger partial charge < -0.3 is 11.5 Å². The molecule has 0 radical (unpaired) electrons. The van der Waals surface area contributed by atoms with Crippen molar-refractivity contribution >= 4 is 54.4 Å². The van der Waals surface area contributed by atoms with Gasteiger partial charge in [-0.25, -0.2) is 0 Å². The summed E-state index contributed by atoms with van der Waals surface area (Å²) in [4.78, 5) is -1.13. The fourth-order valence-corrected chi connectivity index (χ4v) is 3.97. The van der Waals surface area contributed by atoms with E-state index in [2.05, 4.69) is 20.5 Å². The molecule has 0 aromatic heterocycles. The van der Waals surface area contributed by atoms with Crippen LogP contribution in [0.2, 0.25) is 0 Å². The number of anilines is 2. The summed E-state index contributed by atoms with van der Waals surface area (Å²) in [5.74, 6) is 0. The second-order valence-corrected chi connectivity index (χ2v) is 10.0. The highest BCUT2D eigenvalue weighted by Crippen LogP contribution is 2.43. The van der Waals surface area contributed by atoms with Crippen molar-refractivity contribution in [2.45, 2.75) is 23.6 Å². The van der Waals surface area contributed by atoms with Crippen LogP contribution >= 0.6 is 0 Å². The average Bonchev–Trinajstić information content (AvgIpc) is 2.74. The van der Waals surface area contributed by atoms with E-state index in [4.69, 9.17) is 11.5 Å². The molecule has 0 spiro atoms. The first-order chi connectivity index (χ1) is 15.8. The summed E-state index contributed by atoms with van der Waals surface area (Å²) < 4.78 is 65.1. The van der Waals surface area contributed by atoms with Crippen LogP contribution in [-0.4, -0.2) is 25.9 Å². The molecule has 0 atom stereocenters. The second kappa shape index (κ2) is 9.26. The number of aryl methyl sites for hydroxylation is 2. The lowest BCUT2D eigenvalue weighted by Gasteiger charge is -2.10. The summed E-state index contributed by atoms with van der Waals surface area (Å²) in [6.45, 7) is 3.66. The molecule has 3 aromatic carbocycles. The molecule has 3 rings (SSSR count). The van der Waals surface area contributed by atoms with Crippen LogP contribution in [0, 0.1) is 13.8 Å². The first kappa shape index (κ1) is 24.9. The highest BCUT2D eigenvalue weighted by Gasteiger charge is 2.22. The van der Waals surface area contributed by atoms with Gasteiger partial charge in [-0.05, 0) is 55.3 Å². The maximum atomic E-state index is 11.9. The lowest BCUT2D eigenvalue weighted by atomic mass is 10.1. The summed E-state index contributed by atoms with van der Waals surface area (Å²) in [7, 11) is -9.28. The quantitative estimate of drug-likeness (QED) is 0.207. The maximum Gasteiger partial charge on any atom is 0.296 e. The highest BCUT2D eigenvalue weighted by molar-refractivity contribution is 7.86. The topological polar surface area (TPSA) is 210 Å². The van der Waals surface area contributed by atoms with Gasteiger partial charge in [-0.1, -0.05) is 18.2 Å². The third kappa shape index (κ3) is 5.60. The number of hydrogen-bond acceptors (Lipinski definition) is 10. The van der Waals surface area contributed by atoms with Crippen molar-refractivity contribution in [1.29, 1.82) is 0 Å². The minimum absolute atomic E-state index is 0.0123. The molecule has 0 saturated carbocycles. The molecule has 0 aliphatic rings. The van der Waals surface area contributed by atoms with E-state index in [1.165, 1.54) is 12.1 Å². The predicted molar refractivity (Wildman–Crippen MR) is 126 cm³/mol. The van der Waals surface area contributed by atoms with Crippen LogP contribution in [0.25, 0.3) is 0 Å². The summed E-state index contributed by atoms with van der Waals surface area (Å²) in [6.07, 6.45) is 0. The van der Waals surface area contributed by atoms with Crippen LogP contribution in [0.4, 0.5) is 34.1 Å². The fraction of sp³-hybridized carbons (Fsp3) is 0.100. The van der Waals surface area contributed by atoms with Crippen molar-refractivity contribution in [3.63, 3.8) is 0 Å². The molecule has 0 amide bonds. The minimum atomic E-state index is -4.80. The number of nitrogen functional groups attached to an aromatic ring is 2. The van der Waals surface area contributed by atoms with E-state index in [0.29, 0.717) is 5.69 Å². The van der Waals surface area contributed by atoms with Crippen molar-refractivity contribution in [2.24, 2.45) is 20.5 Å². The van der Waals surface area contributed by atoms with Crippen LogP contribution in [-0.2, 0) is 20.2 Å². The van der Waals surface area contributed by atoms with Crippen molar-refractivity contribution in [3.8, 4) is 0 Å². The molecule has 6 N–H and O–H groups in total. The molecule has 0 fully saturated rings. The van der Waals surface area contributed by atoms with E-state index in [1.54, 1.807) is 13.0 Å². The number of benzene rings is 3. The molecule has 0 aliphatic heterocycles. The molecule has 0 unspecified atom stereocenters. The van der Waals surface area contributed by atoms with E-state index >= 15 is 0 Å². The zero-order chi connectivity index (χ0) is 25.3. The Morgan fingerprint density at radius 1 is 0.735 bits per heavy atom. The van der Waals surface area contributed by atoms with Gasteiger partial charge in [0.1, 0.15) is 16.3 Å². The first-order valence-electron chi connectivity index (χ1n) is 9.45. The second-order valence-electron chi connectivity index (χ2n) is 7.21. The highest BCUT2D eigenvalue weighted by atomic mass is 32.2. The third-order valence-electron chi connectivity index (χ3n) is 4.61. The molecule has 0 bridgehead atoms. The molecular weight excluding hydrogens is 484 g/mol. The summed E-state index contributed by atoms with van der Waals surface area (Å²) in [5.41, 5.74) is 13.1. The van der Waals surface area contributed by atoms with Crippen LogP contribution in [0.1, 0.15) is 11.1 Å². The monoisotopic (exact) mass is 504 g/mol. The Kier molecular flexibility index (Phi) is 6.79. The van der Waals surface area contributed by atoms with Gasteiger partial charge in [-0.3, -0.25) is 9.11 Å². The van der Waals surface area contributed by atoms with Gasteiger partial charge in [0, 0.05) is 0 Å². The van der Waals surface area contributed by atoms with Gasteiger partial charge in [0.2, 0.25) is 0 Å². The van der Waals surface area contributed by atoms with Gasteiger partial charge in [0.05, 0.1) is 27.6 Å². The lowest BCUT2D eigenvalue weighted by Crippen LogP contribution is -2.05. The average molecular weight is 505 g/mol. The van der Waals surface area contributed by atoms with Crippen molar-refractivity contribution in [2.75, 3.05) is 11.5 Å². The Morgan fingerprint density at radius 2 is 1.41 bits per heavy atom. The smallest absolute Gasteiger partial charge is 0.296 e. The summed E-state index contributed by atoms with van der Waals surface area (Å²) >= 11 is 0. The van der Waals surface area contributed by atoms with E-state index in [0.717, 1.165) is 29.3 Å². The van der Waals surface area contributed by atoms with Crippen molar-refractivity contribution in [1.82, 2.24) is 0 Å². The number of hydrogen-bond donors (Lipinski definition) is 4. The maximum absolute atomic E-state index is 11.9. The fourth-order valence-electron chi connectivity index (χ4n) is 2.82. The molecule has 0 aliphatic carbocycles. The zero-order valence-corrected chi connectivity index (χ0v) is 19.5. The van der Waals surface area contributed by atoms with Crippen molar-refractivity contribution < 1.29 is 25.9 Å². The molecule has 0 saturated heterocycles. The normalized spacial score (nSPS) is 12.6. The summed E-state index contributed by atoms with van der Waals surface area (Å²) in [5, 5.41) is 15.8. The Labute approximate surface area is 195 Å². The number of nitrogens with two attached hydrogens (primary N) is 2. The van der Waals surface area contributed by atoms with E-state index in [1.807, 2.05) is 19.1 Å². The van der Waals surface area contributed by atoms with Gasteiger partial charge in [0.15, 0.2) is 0 Å². The predicted octanol–water partition coefficient (Wildman–Crippen LogP) is 4.79. The lowest BCUT2D eigenvalue weighted by molar-refractivity contribution is 0.481. The Morgan fingerprint density at radius 3 is 2.06 bits per heavy atom. The summed E-state index contributed by atoms with van der Waals surface area (Å²) in [6, 6.07) is 11.2. The van der Waals surface area contributed by atoms with Crippen LogP contribution < -0.4 is 11.5 Å². The molecule has 178 valence electrons. The van der Waals surface area contributed by atoms with Crippen molar-refractivity contribution in [3.05, 3.63) is 59.7 Å². The van der Waals surface area contributed by atoms with Crippen LogP contribution in [0.3, 0.4) is 0 Å². The number of nitrogens with zero attached hydrogens (tertiary/aromatic N) is 4.